The van der Waals surface area contributed by atoms with Crippen molar-refractivity contribution in [1.82, 2.24) is 9.97 Å². The Morgan fingerprint density at radius 1 is 1.25 bits per heavy atom. The Labute approximate surface area is 223 Å². The Bertz CT molecular complexity index is 1320. The first-order valence-corrected chi connectivity index (χ1v) is 12.8. The molecule has 0 amide bonds. The molecule has 0 spiro atoms. The number of ether oxygens (including phenoxy) is 2. The molecule has 1 aliphatic rings. The van der Waals surface area contributed by atoms with E-state index in [2.05, 4.69) is 66.3 Å². The van der Waals surface area contributed by atoms with Crippen molar-refractivity contribution in [1.29, 1.82) is 0 Å². The highest BCUT2D eigenvalue weighted by molar-refractivity contribution is 14.1. The first-order chi connectivity index (χ1) is 17.5. The molecule has 0 saturated carbocycles. The van der Waals surface area contributed by atoms with E-state index in [4.69, 9.17) is 9.47 Å². The van der Waals surface area contributed by atoms with E-state index in [1.807, 2.05) is 36.4 Å². The SMILES string of the molecule is C=CN=C(C=C)COc1ccc(Nc2ncnc3ccc(NC4=NC([C@@H](C)O)CO4)cc23)cc1CI. The van der Waals surface area contributed by atoms with Crippen LogP contribution in [0.3, 0.4) is 0 Å². The number of benzene rings is 2. The zero-order valence-corrected chi connectivity index (χ0v) is 22.0. The van der Waals surface area contributed by atoms with Gasteiger partial charge >= 0.3 is 0 Å². The lowest BCUT2D eigenvalue weighted by Gasteiger charge is -2.14. The fraction of sp³-hybridized carbons (Fsp3) is 0.231. The summed E-state index contributed by atoms with van der Waals surface area (Å²) in [5.41, 5.74) is 4.19. The number of anilines is 3. The number of fused-ring (bicyclic) bond motifs is 1. The van der Waals surface area contributed by atoms with Crippen LogP contribution >= 0.6 is 22.6 Å². The summed E-state index contributed by atoms with van der Waals surface area (Å²) in [5.74, 6) is 1.44. The molecule has 1 aromatic heterocycles. The number of halogens is 1. The minimum atomic E-state index is -0.571. The van der Waals surface area contributed by atoms with Crippen molar-refractivity contribution in [3.05, 3.63) is 73.7 Å². The molecule has 0 fully saturated rings. The molecule has 0 radical (unpaired) electrons. The normalized spacial score (nSPS) is 16.1. The summed E-state index contributed by atoms with van der Waals surface area (Å²) in [6.45, 7) is 9.72. The summed E-state index contributed by atoms with van der Waals surface area (Å²) in [7, 11) is 0. The van der Waals surface area contributed by atoms with Crippen molar-refractivity contribution < 1.29 is 14.6 Å². The molecule has 2 aromatic carbocycles. The van der Waals surface area contributed by atoms with Crippen LogP contribution in [0.5, 0.6) is 5.75 Å². The van der Waals surface area contributed by atoms with E-state index < -0.39 is 6.10 Å². The Morgan fingerprint density at radius 2 is 2.06 bits per heavy atom. The fourth-order valence-corrected chi connectivity index (χ4v) is 4.12. The number of nitrogens with zero attached hydrogens (tertiary/aromatic N) is 4. The fourth-order valence-electron chi connectivity index (χ4n) is 3.52. The van der Waals surface area contributed by atoms with Crippen LogP contribution in [0.1, 0.15) is 12.5 Å². The third-order valence-corrected chi connectivity index (χ3v) is 6.27. The van der Waals surface area contributed by atoms with Gasteiger partial charge in [0.1, 0.15) is 37.2 Å². The second kappa shape index (κ2) is 12.0. The van der Waals surface area contributed by atoms with Gasteiger partial charge in [-0.2, -0.15) is 0 Å². The van der Waals surface area contributed by atoms with E-state index in [9.17, 15) is 5.11 Å². The third-order valence-electron chi connectivity index (χ3n) is 5.45. The zero-order valence-electron chi connectivity index (χ0n) is 19.8. The van der Waals surface area contributed by atoms with E-state index in [1.165, 1.54) is 12.5 Å². The Kier molecular flexibility index (Phi) is 8.49. The number of rotatable bonds is 10. The van der Waals surface area contributed by atoms with Gasteiger partial charge in [0.15, 0.2) is 0 Å². The van der Waals surface area contributed by atoms with Crippen LogP contribution in [0.15, 0.2) is 78.1 Å². The van der Waals surface area contributed by atoms with Gasteiger partial charge in [0, 0.05) is 33.0 Å². The molecule has 0 aliphatic carbocycles. The Hall–Kier alpha value is -3.51. The summed E-state index contributed by atoms with van der Waals surface area (Å²) < 4.78 is 12.3. The first kappa shape index (κ1) is 25.6. The average molecular weight is 598 g/mol. The van der Waals surface area contributed by atoms with Crippen LogP contribution in [0.25, 0.3) is 10.9 Å². The molecular weight excluding hydrogens is 571 g/mol. The smallest absolute Gasteiger partial charge is 0.289 e. The van der Waals surface area contributed by atoms with Crippen LogP contribution in [0, 0.1) is 0 Å². The molecule has 1 unspecified atom stereocenters. The number of alkyl halides is 1. The highest BCUT2D eigenvalue weighted by Gasteiger charge is 2.23. The second-order valence-electron chi connectivity index (χ2n) is 8.01. The summed E-state index contributed by atoms with van der Waals surface area (Å²) in [6.07, 6.45) is 4.09. The number of aromatic nitrogens is 2. The lowest BCUT2D eigenvalue weighted by Crippen LogP contribution is -2.21. The van der Waals surface area contributed by atoms with Gasteiger partial charge in [-0.05, 0) is 49.4 Å². The number of aliphatic hydroxyl groups is 1. The molecule has 1 aliphatic heterocycles. The van der Waals surface area contributed by atoms with Gasteiger partial charge in [-0.25, -0.2) is 15.0 Å². The van der Waals surface area contributed by atoms with Gasteiger partial charge in [-0.15, -0.1) is 0 Å². The van der Waals surface area contributed by atoms with E-state index in [0.29, 0.717) is 30.8 Å². The van der Waals surface area contributed by atoms with Gasteiger partial charge in [0.25, 0.3) is 6.02 Å². The number of aliphatic imine (C=N–C) groups is 2. The van der Waals surface area contributed by atoms with Crippen molar-refractivity contribution in [2.24, 2.45) is 9.98 Å². The maximum absolute atomic E-state index is 9.73. The molecule has 3 aromatic rings. The lowest BCUT2D eigenvalue weighted by atomic mass is 10.1. The van der Waals surface area contributed by atoms with Gasteiger partial charge in [-0.3, -0.25) is 4.99 Å². The molecule has 2 atom stereocenters. The zero-order chi connectivity index (χ0) is 25.5. The van der Waals surface area contributed by atoms with Crippen LogP contribution in [0.2, 0.25) is 0 Å². The molecule has 36 heavy (non-hydrogen) atoms. The predicted molar refractivity (Wildman–Crippen MR) is 153 cm³/mol. The minimum Gasteiger partial charge on any atom is -0.487 e. The summed E-state index contributed by atoms with van der Waals surface area (Å²) >= 11 is 2.31. The molecule has 2 heterocycles. The molecule has 9 nitrogen and oxygen atoms in total. The van der Waals surface area contributed by atoms with Gasteiger partial charge in [0.2, 0.25) is 0 Å². The maximum atomic E-state index is 9.73. The van der Waals surface area contributed by atoms with Gasteiger partial charge in [-0.1, -0.05) is 35.7 Å². The van der Waals surface area contributed by atoms with Crippen molar-refractivity contribution in [3.8, 4) is 5.75 Å². The average Bonchev–Trinajstić information content (AvgIpc) is 3.36. The highest BCUT2D eigenvalue weighted by Crippen LogP contribution is 2.30. The van der Waals surface area contributed by atoms with Gasteiger partial charge in [0.05, 0.1) is 17.3 Å². The number of hydrogen-bond acceptors (Lipinski definition) is 9. The first-order valence-electron chi connectivity index (χ1n) is 11.3. The van der Waals surface area contributed by atoms with Crippen LogP contribution < -0.4 is 15.4 Å². The Balaban J connectivity index is 1.54. The van der Waals surface area contributed by atoms with Crippen LogP contribution in [-0.2, 0) is 9.16 Å². The molecule has 4 rings (SSSR count). The Morgan fingerprint density at radius 3 is 2.78 bits per heavy atom. The van der Waals surface area contributed by atoms with Crippen molar-refractivity contribution in [2.45, 2.75) is 23.5 Å². The summed E-state index contributed by atoms with van der Waals surface area (Å²) in [6, 6.07) is 11.7. The quantitative estimate of drug-likeness (QED) is 0.171. The standard InChI is InChI=1S/C26H27IN6O3/c1-4-18(28-5-2)13-35-24-9-7-19(10-17(24)12-27)31-25-21-11-20(6-8-22(21)29-15-30-25)32-26-33-23(14-36-26)16(3)34/h4-11,15-16,23,34H,1-2,12-14H2,3H3,(H,32,33)(H,29,30,31)/t16-,23?/m1/s1. The molecule has 10 heteroatoms. The van der Waals surface area contributed by atoms with Crippen molar-refractivity contribution in [2.75, 3.05) is 23.8 Å². The maximum Gasteiger partial charge on any atom is 0.289 e. The molecular formula is C26H27IN6O3. The predicted octanol–water partition coefficient (Wildman–Crippen LogP) is 5.01. The summed E-state index contributed by atoms with van der Waals surface area (Å²) in [5, 5.41) is 17.1. The molecule has 0 bridgehead atoms. The monoisotopic (exact) mass is 598 g/mol. The number of nitrogens with one attached hydrogen (secondary N) is 2. The minimum absolute atomic E-state index is 0.273. The van der Waals surface area contributed by atoms with Crippen molar-refractivity contribution >= 4 is 62.4 Å². The lowest BCUT2D eigenvalue weighted by molar-refractivity contribution is 0.145. The van der Waals surface area contributed by atoms with Gasteiger partial charge < -0.3 is 25.2 Å². The number of hydrogen-bond donors (Lipinski definition) is 3. The number of aliphatic hydroxyl groups excluding tert-OH is 1. The largest absolute Gasteiger partial charge is 0.487 e. The van der Waals surface area contributed by atoms with E-state index in [-0.39, 0.29) is 6.04 Å². The van der Waals surface area contributed by atoms with Crippen LogP contribution in [0.4, 0.5) is 17.2 Å². The number of amidine groups is 1. The third kappa shape index (κ3) is 6.18. The van der Waals surface area contributed by atoms with Crippen molar-refractivity contribution in [3.63, 3.8) is 0 Å². The van der Waals surface area contributed by atoms with E-state index in [1.54, 1.807) is 13.0 Å². The molecule has 0 saturated heterocycles. The second-order valence-corrected chi connectivity index (χ2v) is 8.77. The van der Waals surface area contributed by atoms with E-state index in [0.717, 1.165) is 38.0 Å². The molecule has 186 valence electrons. The van der Waals surface area contributed by atoms with Crippen LogP contribution in [-0.4, -0.2) is 52.2 Å². The highest BCUT2D eigenvalue weighted by atomic mass is 127. The summed E-state index contributed by atoms with van der Waals surface area (Å²) in [4.78, 5) is 17.4. The molecule has 3 N–H and O–H groups in total. The topological polar surface area (TPSA) is 113 Å². The van der Waals surface area contributed by atoms with E-state index >= 15 is 0 Å².